The molecule has 4 nitrogen and oxygen atoms in total. The second kappa shape index (κ2) is 4.17. The van der Waals surface area contributed by atoms with Crippen molar-refractivity contribution in [3.05, 3.63) is 11.6 Å². The van der Waals surface area contributed by atoms with Gasteiger partial charge in [-0.05, 0) is 31.6 Å². The summed E-state index contributed by atoms with van der Waals surface area (Å²) in [7, 11) is 0. The number of rotatable bonds is 1. The van der Waals surface area contributed by atoms with Crippen LogP contribution in [0.15, 0.2) is 0 Å². The maximum Gasteiger partial charge on any atom is 0.179 e. The summed E-state index contributed by atoms with van der Waals surface area (Å²) < 4.78 is 7.82. The first-order chi connectivity index (χ1) is 7.83. The Morgan fingerprint density at radius 2 is 2.25 bits per heavy atom. The zero-order chi connectivity index (χ0) is 11.0. The van der Waals surface area contributed by atoms with Gasteiger partial charge >= 0.3 is 0 Å². The summed E-state index contributed by atoms with van der Waals surface area (Å²) in [4.78, 5) is 4.64. The van der Waals surface area contributed by atoms with Gasteiger partial charge < -0.3 is 4.74 Å². The molecule has 1 aromatic rings. The minimum Gasteiger partial charge on any atom is -0.370 e. The Hall–Kier alpha value is -0.900. The summed E-state index contributed by atoms with van der Waals surface area (Å²) in [5, 5.41) is 4.61. The van der Waals surface area contributed by atoms with E-state index in [0.717, 1.165) is 43.6 Å². The minimum atomic E-state index is 0.155. The monoisotopic (exact) mass is 221 g/mol. The third-order valence-corrected chi connectivity index (χ3v) is 3.58. The molecule has 1 saturated heterocycles. The molecule has 0 bridgehead atoms. The molecule has 2 aliphatic rings. The molecule has 0 saturated carbocycles. The minimum absolute atomic E-state index is 0.155. The van der Waals surface area contributed by atoms with Crippen molar-refractivity contribution in [2.45, 2.75) is 51.7 Å². The fourth-order valence-corrected chi connectivity index (χ4v) is 2.57. The van der Waals surface area contributed by atoms with E-state index in [-0.39, 0.29) is 6.10 Å². The van der Waals surface area contributed by atoms with Crippen LogP contribution < -0.4 is 0 Å². The summed E-state index contributed by atoms with van der Waals surface area (Å²) in [6.45, 7) is 4.17. The van der Waals surface area contributed by atoms with Crippen LogP contribution >= 0.6 is 0 Å². The number of hydrogen-bond donors (Lipinski definition) is 0. The van der Waals surface area contributed by atoms with E-state index in [1.807, 2.05) is 0 Å². The third-order valence-electron chi connectivity index (χ3n) is 3.58. The molecule has 1 fully saturated rings. The molecule has 2 unspecified atom stereocenters. The summed E-state index contributed by atoms with van der Waals surface area (Å²) in [6, 6.07) is 0. The molecule has 4 heteroatoms. The van der Waals surface area contributed by atoms with Crippen LogP contribution in [0.25, 0.3) is 0 Å². The van der Waals surface area contributed by atoms with Gasteiger partial charge in [0.2, 0.25) is 0 Å². The number of nitrogens with zero attached hydrogens (tertiary/aromatic N) is 3. The van der Waals surface area contributed by atoms with Gasteiger partial charge in [-0.2, -0.15) is 5.10 Å². The molecule has 3 heterocycles. The van der Waals surface area contributed by atoms with Gasteiger partial charge in [0.15, 0.2) is 5.82 Å². The first-order valence-corrected chi connectivity index (χ1v) is 6.38. The van der Waals surface area contributed by atoms with Gasteiger partial charge in [-0.3, -0.25) is 0 Å². The second-order valence-corrected chi connectivity index (χ2v) is 5.07. The van der Waals surface area contributed by atoms with E-state index in [1.54, 1.807) is 0 Å². The van der Waals surface area contributed by atoms with Crippen LogP contribution in [0.4, 0.5) is 0 Å². The second-order valence-electron chi connectivity index (χ2n) is 5.07. The van der Waals surface area contributed by atoms with E-state index in [9.17, 15) is 0 Å². The number of hydrogen-bond acceptors (Lipinski definition) is 3. The first kappa shape index (κ1) is 10.3. The number of aryl methyl sites for hydroxylation is 1. The van der Waals surface area contributed by atoms with Crippen molar-refractivity contribution in [2.75, 3.05) is 6.61 Å². The summed E-state index contributed by atoms with van der Waals surface area (Å²) in [5.41, 5.74) is 0. The Balaban J connectivity index is 1.80. The molecule has 2 atom stereocenters. The average molecular weight is 221 g/mol. The summed E-state index contributed by atoms with van der Waals surface area (Å²) >= 11 is 0. The standard InChI is InChI=1S/C12H19N3O/c1-9-5-6-11-13-12(14-15(11)8-9)10-4-2-3-7-16-10/h9-10H,2-8H2,1H3. The van der Waals surface area contributed by atoms with Crippen molar-refractivity contribution < 1.29 is 4.74 Å². The highest BCUT2D eigenvalue weighted by atomic mass is 16.5. The van der Waals surface area contributed by atoms with Crippen LogP contribution in [0.1, 0.15) is 50.4 Å². The van der Waals surface area contributed by atoms with Gasteiger partial charge in [0.25, 0.3) is 0 Å². The smallest absolute Gasteiger partial charge is 0.179 e. The van der Waals surface area contributed by atoms with Gasteiger partial charge in [-0.1, -0.05) is 6.92 Å². The predicted octanol–water partition coefficient (Wildman–Crippen LogP) is 2.10. The van der Waals surface area contributed by atoms with Gasteiger partial charge in [0, 0.05) is 19.6 Å². The SMILES string of the molecule is CC1CCc2nc(C3CCCCO3)nn2C1. The van der Waals surface area contributed by atoms with Crippen molar-refractivity contribution >= 4 is 0 Å². The average Bonchev–Trinajstić information content (AvgIpc) is 2.73. The Morgan fingerprint density at radius 3 is 3.06 bits per heavy atom. The quantitative estimate of drug-likeness (QED) is 0.729. The normalized spacial score (nSPS) is 30.1. The van der Waals surface area contributed by atoms with Gasteiger partial charge in [-0.15, -0.1) is 0 Å². The van der Waals surface area contributed by atoms with Gasteiger partial charge in [-0.25, -0.2) is 9.67 Å². The van der Waals surface area contributed by atoms with Gasteiger partial charge in [0.05, 0.1) is 0 Å². The van der Waals surface area contributed by atoms with Crippen LogP contribution in [-0.4, -0.2) is 21.4 Å². The van der Waals surface area contributed by atoms with E-state index < -0.39 is 0 Å². The van der Waals surface area contributed by atoms with Gasteiger partial charge in [0.1, 0.15) is 11.9 Å². The molecular weight excluding hydrogens is 202 g/mol. The zero-order valence-corrected chi connectivity index (χ0v) is 9.85. The highest BCUT2D eigenvalue weighted by molar-refractivity contribution is 5.00. The predicted molar refractivity (Wildman–Crippen MR) is 60.1 cm³/mol. The van der Waals surface area contributed by atoms with E-state index >= 15 is 0 Å². The Labute approximate surface area is 96.0 Å². The van der Waals surface area contributed by atoms with Crippen LogP contribution in [-0.2, 0) is 17.7 Å². The lowest BCUT2D eigenvalue weighted by atomic mass is 10.0. The third kappa shape index (κ3) is 1.86. The van der Waals surface area contributed by atoms with E-state index in [0.29, 0.717) is 0 Å². The van der Waals surface area contributed by atoms with Crippen LogP contribution in [0.5, 0.6) is 0 Å². The molecule has 0 amide bonds. The van der Waals surface area contributed by atoms with E-state index in [4.69, 9.17) is 4.74 Å². The molecule has 0 aromatic carbocycles. The molecule has 88 valence electrons. The number of fused-ring (bicyclic) bond motifs is 1. The molecule has 0 radical (unpaired) electrons. The zero-order valence-electron chi connectivity index (χ0n) is 9.85. The van der Waals surface area contributed by atoms with Crippen LogP contribution in [0, 0.1) is 5.92 Å². The number of ether oxygens (including phenoxy) is 1. The molecule has 0 spiro atoms. The maximum atomic E-state index is 5.73. The molecule has 3 rings (SSSR count). The van der Waals surface area contributed by atoms with Crippen molar-refractivity contribution in [3.8, 4) is 0 Å². The first-order valence-electron chi connectivity index (χ1n) is 6.38. The molecular formula is C12H19N3O. The van der Waals surface area contributed by atoms with Crippen molar-refractivity contribution in [2.24, 2.45) is 5.92 Å². The Kier molecular flexibility index (Phi) is 2.67. The maximum absolute atomic E-state index is 5.73. The molecule has 2 aliphatic heterocycles. The largest absolute Gasteiger partial charge is 0.370 e. The lowest BCUT2D eigenvalue weighted by Crippen LogP contribution is -2.19. The van der Waals surface area contributed by atoms with Crippen molar-refractivity contribution in [3.63, 3.8) is 0 Å². The highest BCUT2D eigenvalue weighted by Gasteiger charge is 2.24. The fourth-order valence-electron chi connectivity index (χ4n) is 2.57. The number of aromatic nitrogens is 3. The molecule has 0 N–H and O–H groups in total. The Morgan fingerprint density at radius 1 is 1.31 bits per heavy atom. The lowest BCUT2D eigenvalue weighted by Gasteiger charge is -2.19. The summed E-state index contributed by atoms with van der Waals surface area (Å²) in [6.07, 6.45) is 5.97. The fraction of sp³-hybridized carbons (Fsp3) is 0.833. The van der Waals surface area contributed by atoms with Crippen LogP contribution in [0.3, 0.4) is 0 Å². The van der Waals surface area contributed by atoms with Crippen molar-refractivity contribution in [1.82, 2.24) is 14.8 Å². The van der Waals surface area contributed by atoms with E-state index in [1.165, 1.54) is 19.3 Å². The van der Waals surface area contributed by atoms with Crippen molar-refractivity contribution in [1.29, 1.82) is 0 Å². The topological polar surface area (TPSA) is 39.9 Å². The molecule has 16 heavy (non-hydrogen) atoms. The summed E-state index contributed by atoms with van der Waals surface area (Å²) in [5.74, 6) is 2.81. The lowest BCUT2D eigenvalue weighted by molar-refractivity contribution is 0.00933. The molecule has 1 aromatic heterocycles. The highest BCUT2D eigenvalue weighted by Crippen LogP contribution is 2.27. The molecule has 0 aliphatic carbocycles. The van der Waals surface area contributed by atoms with E-state index in [2.05, 4.69) is 21.7 Å². The Bertz CT molecular complexity index is 368. The van der Waals surface area contributed by atoms with Crippen LogP contribution in [0.2, 0.25) is 0 Å².